The lowest BCUT2D eigenvalue weighted by molar-refractivity contribution is 0.369. The molecule has 0 fully saturated rings. The van der Waals surface area contributed by atoms with Crippen molar-refractivity contribution >= 4 is 7.60 Å². The molecule has 0 amide bonds. The van der Waals surface area contributed by atoms with Crippen molar-refractivity contribution in [2.75, 3.05) is 12.7 Å². The molecule has 0 unspecified atom stereocenters. The molecule has 0 atom stereocenters. The third-order valence-electron chi connectivity index (χ3n) is 1.53. The highest BCUT2D eigenvalue weighted by Crippen LogP contribution is 2.35. The maximum Gasteiger partial charge on any atom is 0.325 e. The predicted octanol–water partition coefficient (Wildman–Crippen LogP) is 1.33. The summed E-state index contributed by atoms with van der Waals surface area (Å²) < 4.78 is 10.5. The molecular weight excluding hydrogens is 189 g/mol. The molecule has 0 heterocycles. The van der Waals surface area contributed by atoms with E-state index in [9.17, 15) is 4.57 Å². The molecular formula is C8H20NO3P. The van der Waals surface area contributed by atoms with Crippen molar-refractivity contribution in [1.29, 1.82) is 0 Å². The van der Waals surface area contributed by atoms with Crippen LogP contribution < -0.4 is 5.32 Å². The van der Waals surface area contributed by atoms with Gasteiger partial charge in [0, 0.05) is 11.7 Å². The second kappa shape index (κ2) is 5.11. The average molecular weight is 209 g/mol. The van der Waals surface area contributed by atoms with E-state index in [1.54, 1.807) is 0 Å². The van der Waals surface area contributed by atoms with Crippen LogP contribution in [0.2, 0.25) is 0 Å². The largest absolute Gasteiger partial charge is 0.325 e. The van der Waals surface area contributed by atoms with Gasteiger partial charge in [-0.25, -0.2) is 0 Å². The van der Waals surface area contributed by atoms with Crippen LogP contribution in [0.4, 0.5) is 0 Å². The smallest absolute Gasteiger partial charge is 0.324 e. The molecule has 80 valence electrons. The minimum atomic E-state index is -3.77. The Morgan fingerprint density at radius 1 is 1.23 bits per heavy atom. The Morgan fingerprint density at radius 3 is 2.15 bits per heavy atom. The summed E-state index contributed by atoms with van der Waals surface area (Å²) in [6.45, 7) is 7.01. The van der Waals surface area contributed by atoms with Crippen molar-refractivity contribution in [3.05, 3.63) is 0 Å². The van der Waals surface area contributed by atoms with Gasteiger partial charge in [0.05, 0.1) is 0 Å². The SMILES string of the molecule is CC(C)(C)NCCCCP(=O)(O)O. The second-order valence-corrected chi connectivity index (χ2v) is 6.05. The standard InChI is InChI=1S/C8H20NO3P/c1-8(2,3)9-6-4-5-7-13(10,11)12/h9H,4-7H2,1-3H3,(H2,10,11,12). The van der Waals surface area contributed by atoms with E-state index < -0.39 is 7.60 Å². The summed E-state index contributed by atoms with van der Waals surface area (Å²) in [5.74, 6) is 0. The molecule has 0 aromatic heterocycles. The van der Waals surface area contributed by atoms with E-state index in [4.69, 9.17) is 9.79 Å². The van der Waals surface area contributed by atoms with Gasteiger partial charge in [0.15, 0.2) is 0 Å². The Bertz CT molecular complexity index is 182. The molecule has 0 aliphatic rings. The van der Waals surface area contributed by atoms with Crippen LogP contribution in [0.25, 0.3) is 0 Å². The van der Waals surface area contributed by atoms with Crippen LogP contribution in [0.5, 0.6) is 0 Å². The first-order chi connectivity index (χ1) is 5.71. The molecule has 0 aliphatic heterocycles. The first kappa shape index (κ1) is 13.1. The zero-order chi connectivity index (χ0) is 10.5. The molecule has 0 aliphatic carbocycles. The highest BCUT2D eigenvalue weighted by molar-refractivity contribution is 7.51. The van der Waals surface area contributed by atoms with Gasteiger partial charge in [0.25, 0.3) is 0 Å². The lowest BCUT2D eigenvalue weighted by atomic mass is 10.1. The zero-order valence-corrected chi connectivity index (χ0v) is 9.47. The summed E-state index contributed by atoms with van der Waals surface area (Å²) in [5, 5.41) is 3.26. The number of unbranched alkanes of at least 4 members (excludes halogenated alkanes) is 1. The quantitative estimate of drug-likeness (QED) is 0.472. The molecule has 0 spiro atoms. The normalized spacial score (nSPS) is 13.3. The fraction of sp³-hybridized carbons (Fsp3) is 1.00. The molecule has 0 rings (SSSR count). The van der Waals surface area contributed by atoms with Crippen molar-refractivity contribution in [1.82, 2.24) is 5.32 Å². The van der Waals surface area contributed by atoms with E-state index in [-0.39, 0.29) is 11.7 Å². The van der Waals surface area contributed by atoms with Gasteiger partial charge in [-0.2, -0.15) is 0 Å². The number of hydrogen-bond acceptors (Lipinski definition) is 2. The van der Waals surface area contributed by atoms with Crippen LogP contribution in [-0.2, 0) is 4.57 Å². The van der Waals surface area contributed by atoms with E-state index >= 15 is 0 Å². The Kier molecular flexibility index (Phi) is 5.15. The summed E-state index contributed by atoms with van der Waals surface area (Å²) in [4.78, 5) is 17.1. The van der Waals surface area contributed by atoms with Gasteiger partial charge in [-0.1, -0.05) is 0 Å². The number of hydrogen-bond donors (Lipinski definition) is 3. The van der Waals surface area contributed by atoms with Crippen molar-refractivity contribution in [2.45, 2.75) is 39.2 Å². The van der Waals surface area contributed by atoms with Gasteiger partial charge in [0.2, 0.25) is 0 Å². The second-order valence-electron chi connectivity index (χ2n) is 4.27. The Morgan fingerprint density at radius 2 is 1.77 bits per heavy atom. The van der Waals surface area contributed by atoms with Crippen molar-refractivity contribution in [3.63, 3.8) is 0 Å². The lowest BCUT2D eigenvalue weighted by Gasteiger charge is -2.20. The molecule has 0 bridgehead atoms. The van der Waals surface area contributed by atoms with Crippen molar-refractivity contribution < 1.29 is 14.4 Å². The van der Waals surface area contributed by atoms with E-state index in [1.807, 2.05) is 0 Å². The Hall–Kier alpha value is 0.110. The molecule has 13 heavy (non-hydrogen) atoms. The van der Waals surface area contributed by atoms with Crippen molar-refractivity contribution in [2.24, 2.45) is 0 Å². The third kappa shape index (κ3) is 12.1. The van der Waals surface area contributed by atoms with Gasteiger partial charge < -0.3 is 15.1 Å². The van der Waals surface area contributed by atoms with Crippen LogP contribution in [-0.4, -0.2) is 28.0 Å². The van der Waals surface area contributed by atoms with Crippen LogP contribution in [0.3, 0.4) is 0 Å². The summed E-state index contributed by atoms with van der Waals surface area (Å²) in [6.07, 6.45) is 1.38. The topological polar surface area (TPSA) is 69.6 Å². The van der Waals surface area contributed by atoms with Crippen LogP contribution in [0.15, 0.2) is 0 Å². The Labute approximate surface area is 79.9 Å². The molecule has 4 nitrogen and oxygen atoms in total. The summed E-state index contributed by atoms with van der Waals surface area (Å²) in [5.41, 5.74) is 0.0854. The minimum absolute atomic E-state index is 0.00117. The van der Waals surface area contributed by atoms with Crippen molar-refractivity contribution in [3.8, 4) is 0 Å². The lowest BCUT2D eigenvalue weighted by Crippen LogP contribution is -2.36. The summed E-state index contributed by atoms with van der Waals surface area (Å²) >= 11 is 0. The molecule has 0 saturated heterocycles. The zero-order valence-electron chi connectivity index (χ0n) is 8.58. The first-order valence-corrected chi connectivity index (χ1v) is 6.30. The van der Waals surface area contributed by atoms with Gasteiger partial charge in [0.1, 0.15) is 0 Å². The summed E-state index contributed by atoms with van der Waals surface area (Å²) in [6, 6.07) is 0. The van der Waals surface area contributed by atoms with Crippen LogP contribution in [0.1, 0.15) is 33.6 Å². The van der Waals surface area contributed by atoms with Crippen LogP contribution >= 0.6 is 7.60 Å². The first-order valence-electron chi connectivity index (χ1n) is 4.50. The molecule has 3 N–H and O–H groups in total. The molecule has 0 saturated carbocycles. The van der Waals surface area contributed by atoms with E-state index in [0.717, 1.165) is 13.0 Å². The number of nitrogens with one attached hydrogen (secondary N) is 1. The highest BCUT2D eigenvalue weighted by Gasteiger charge is 2.12. The monoisotopic (exact) mass is 209 g/mol. The fourth-order valence-electron chi connectivity index (χ4n) is 0.906. The molecule has 0 radical (unpaired) electrons. The number of rotatable bonds is 5. The van der Waals surface area contributed by atoms with Crippen LogP contribution in [0, 0.1) is 0 Å². The molecule has 0 aromatic rings. The van der Waals surface area contributed by atoms with Gasteiger partial charge in [-0.05, 0) is 40.2 Å². The predicted molar refractivity (Wildman–Crippen MR) is 53.9 cm³/mol. The third-order valence-corrected chi connectivity index (χ3v) is 2.43. The maximum atomic E-state index is 10.5. The molecule has 5 heteroatoms. The van der Waals surface area contributed by atoms with Gasteiger partial charge in [-0.3, -0.25) is 4.57 Å². The highest BCUT2D eigenvalue weighted by atomic mass is 31.2. The average Bonchev–Trinajstić information content (AvgIpc) is 1.81. The van der Waals surface area contributed by atoms with Gasteiger partial charge in [-0.15, -0.1) is 0 Å². The molecule has 0 aromatic carbocycles. The van der Waals surface area contributed by atoms with E-state index in [1.165, 1.54) is 0 Å². The maximum absolute atomic E-state index is 10.5. The fourth-order valence-corrected chi connectivity index (χ4v) is 1.54. The summed E-state index contributed by atoms with van der Waals surface area (Å²) in [7, 11) is -3.77. The van der Waals surface area contributed by atoms with E-state index in [0.29, 0.717) is 6.42 Å². The van der Waals surface area contributed by atoms with E-state index in [2.05, 4.69) is 26.1 Å². The van der Waals surface area contributed by atoms with Gasteiger partial charge >= 0.3 is 7.60 Å². The minimum Gasteiger partial charge on any atom is -0.324 e. The Balaban J connectivity index is 3.33.